The highest BCUT2D eigenvalue weighted by Gasteiger charge is 2.67. The standard InChI is InChI=1S/C44H72O8/c1-27(2)15-38(9,28(3)4)36(45)51-44-22-33-16-40(47,24-44)23-43(21-33,26-44)49-34-12-11-13-48-35(34)50-41-17-31-14-32(18-41)20-42(19-31,25-41)52-37(46)39(10,29(5)6)30(7)8/h27-35,47H,11-26H2,1-10H3. The number of esters is 2. The highest BCUT2D eigenvalue weighted by Crippen LogP contribution is 2.64. The van der Waals surface area contributed by atoms with E-state index in [1.54, 1.807) is 0 Å². The molecule has 52 heavy (non-hydrogen) atoms. The van der Waals surface area contributed by atoms with Crippen LogP contribution < -0.4 is 0 Å². The van der Waals surface area contributed by atoms with Gasteiger partial charge in [-0.3, -0.25) is 9.59 Å². The monoisotopic (exact) mass is 729 g/mol. The van der Waals surface area contributed by atoms with Crippen molar-refractivity contribution in [3.05, 3.63) is 0 Å². The number of carbonyl (C=O) groups excluding carboxylic acids is 2. The predicted molar refractivity (Wildman–Crippen MR) is 199 cm³/mol. The summed E-state index contributed by atoms with van der Waals surface area (Å²) in [4.78, 5) is 28.2. The SMILES string of the molecule is CC(C)CC(C)(C(=O)OC12CC3CC(O)(C1)CC(OC1CCCOC1OC14CC5CC(CC(OC(=O)C(C)(C(C)C)C(C)C)(C5)C1)C4)(C3)C2)C(C)C. The molecule has 0 spiro atoms. The van der Waals surface area contributed by atoms with Gasteiger partial charge < -0.3 is 28.8 Å². The van der Waals surface area contributed by atoms with Crippen LogP contribution in [0.5, 0.6) is 0 Å². The Morgan fingerprint density at radius 1 is 0.692 bits per heavy atom. The average Bonchev–Trinajstić information content (AvgIpc) is 2.98. The van der Waals surface area contributed by atoms with Crippen LogP contribution in [0, 0.1) is 52.3 Å². The van der Waals surface area contributed by atoms with Crippen molar-refractivity contribution in [1.29, 1.82) is 0 Å². The molecule has 1 heterocycles. The van der Waals surface area contributed by atoms with Crippen molar-refractivity contribution in [2.45, 2.75) is 206 Å². The molecule has 8 bridgehead atoms. The molecule has 0 aromatic heterocycles. The van der Waals surface area contributed by atoms with Gasteiger partial charge in [0, 0.05) is 32.3 Å². The molecule has 9 unspecified atom stereocenters. The molecule has 8 aliphatic carbocycles. The third kappa shape index (κ3) is 6.82. The first kappa shape index (κ1) is 39.0. The second-order valence-electron chi connectivity index (χ2n) is 21.6. The minimum Gasteiger partial charge on any atom is -0.459 e. The maximum absolute atomic E-state index is 14.1. The maximum Gasteiger partial charge on any atom is 0.312 e. The van der Waals surface area contributed by atoms with Gasteiger partial charge >= 0.3 is 11.9 Å². The average molecular weight is 729 g/mol. The van der Waals surface area contributed by atoms with Crippen molar-refractivity contribution < 1.29 is 38.4 Å². The fourth-order valence-corrected chi connectivity index (χ4v) is 13.5. The van der Waals surface area contributed by atoms with E-state index in [1.807, 2.05) is 0 Å². The lowest BCUT2D eigenvalue weighted by atomic mass is 9.50. The summed E-state index contributed by atoms with van der Waals surface area (Å²) in [6, 6.07) is 0. The van der Waals surface area contributed by atoms with Crippen LogP contribution in [0.15, 0.2) is 0 Å². The zero-order valence-corrected chi connectivity index (χ0v) is 34.3. The number of aliphatic hydroxyl groups is 1. The van der Waals surface area contributed by atoms with Crippen LogP contribution in [-0.4, -0.2) is 64.1 Å². The molecule has 8 heteroatoms. The van der Waals surface area contributed by atoms with E-state index in [9.17, 15) is 14.7 Å². The summed E-state index contributed by atoms with van der Waals surface area (Å²) in [5, 5.41) is 12.1. The Labute approximate surface area is 314 Å². The van der Waals surface area contributed by atoms with E-state index in [2.05, 4.69) is 69.2 Å². The van der Waals surface area contributed by atoms with E-state index >= 15 is 0 Å². The third-order valence-electron chi connectivity index (χ3n) is 15.9. The summed E-state index contributed by atoms with van der Waals surface area (Å²) in [6.07, 6.45) is 11.4. The largest absolute Gasteiger partial charge is 0.459 e. The summed E-state index contributed by atoms with van der Waals surface area (Å²) >= 11 is 0. The first-order chi connectivity index (χ1) is 24.2. The van der Waals surface area contributed by atoms with Gasteiger partial charge in [-0.2, -0.15) is 0 Å². The van der Waals surface area contributed by atoms with Gasteiger partial charge in [-0.15, -0.1) is 0 Å². The van der Waals surface area contributed by atoms with Crippen LogP contribution in [0.3, 0.4) is 0 Å². The van der Waals surface area contributed by atoms with Crippen molar-refractivity contribution in [2.24, 2.45) is 52.3 Å². The summed E-state index contributed by atoms with van der Waals surface area (Å²) in [7, 11) is 0. The summed E-state index contributed by atoms with van der Waals surface area (Å²) in [5.41, 5.74) is -4.25. The number of hydrogen-bond acceptors (Lipinski definition) is 8. The van der Waals surface area contributed by atoms with Gasteiger partial charge in [-0.1, -0.05) is 55.4 Å². The zero-order chi connectivity index (χ0) is 37.7. The van der Waals surface area contributed by atoms with E-state index in [0.29, 0.717) is 50.0 Å². The molecule has 0 aromatic carbocycles. The summed E-state index contributed by atoms with van der Waals surface area (Å²) in [6.45, 7) is 21.9. The molecule has 0 amide bonds. The predicted octanol–water partition coefficient (Wildman–Crippen LogP) is 8.94. The molecular formula is C44H72O8. The molecule has 9 atom stereocenters. The minimum atomic E-state index is -0.908. The Hall–Kier alpha value is -1.22. The molecule has 1 N–H and O–H groups in total. The van der Waals surface area contributed by atoms with Crippen molar-refractivity contribution in [3.8, 4) is 0 Å². The number of hydrogen-bond donors (Lipinski definition) is 1. The molecule has 9 rings (SSSR count). The van der Waals surface area contributed by atoms with Crippen LogP contribution in [0.1, 0.15) is 166 Å². The van der Waals surface area contributed by atoms with Gasteiger partial charge in [0.05, 0.1) is 27.6 Å². The molecule has 1 saturated heterocycles. The summed E-state index contributed by atoms with van der Waals surface area (Å²) < 4.78 is 34.4. The molecule has 9 aliphatic rings. The molecule has 1 aliphatic heterocycles. The fourth-order valence-electron chi connectivity index (χ4n) is 13.5. The van der Waals surface area contributed by atoms with Gasteiger partial charge in [0.15, 0.2) is 6.29 Å². The van der Waals surface area contributed by atoms with Crippen LogP contribution in [0.25, 0.3) is 0 Å². The van der Waals surface area contributed by atoms with Crippen LogP contribution >= 0.6 is 0 Å². The van der Waals surface area contributed by atoms with Gasteiger partial charge in [0.1, 0.15) is 17.3 Å². The normalized spacial score (nSPS) is 43.5. The highest BCUT2D eigenvalue weighted by molar-refractivity contribution is 5.78. The van der Waals surface area contributed by atoms with Gasteiger partial charge in [-0.25, -0.2) is 0 Å². The fraction of sp³-hybridized carbons (Fsp3) is 0.955. The van der Waals surface area contributed by atoms with Gasteiger partial charge in [0.2, 0.25) is 0 Å². The molecular weight excluding hydrogens is 656 g/mol. The lowest BCUT2D eigenvalue weighted by Crippen LogP contribution is -2.69. The Morgan fingerprint density at radius 3 is 1.85 bits per heavy atom. The second kappa shape index (κ2) is 13.2. The minimum absolute atomic E-state index is 0.0583. The van der Waals surface area contributed by atoms with Crippen molar-refractivity contribution in [3.63, 3.8) is 0 Å². The lowest BCUT2D eigenvalue weighted by Gasteiger charge is -2.65. The Bertz CT molecular complexity index is 1350. The smallest absolute Gasteiger partial charge is 0.312 e. The third-order valence-corrected chi connectivity index (χ3v) is 15.9. The molecule has 0 aromatic rings. The summed E-state index contributed by atoms with van der Waals surface area (Å²) in [5.74, 6) is 1.87. The Morgan fingerprint density at radius 2 is 1.25 bits per heavy atom. The van der Waals surface area contributed by atoms with E-state index in [-0.39, 0.29) is 41.7 Å². The topological polar surface area (TPSA) is 101 Å². The van der Waals surface area contributed by atoms with Gasteiger partial charge in [-0.05, 0) is 126 Å². The van der Waals surface area contributed by atoms with Crippen molar-refractivity contribution in [1.82, 2.24) is 0 Å². The number of rotatable bonds is 13. The lowest BCUT2D eigenvalue weighted by molar-refractivity contribution is -0.344. The van der Waals surface area contributed by atoms with Crippen molar-refractivity contribution in [2.75, 3.05) is 6.61 Å². The molecule has 8 nitrogen and oxygen atoms in total. The van der Waals surface area contributed by atoms with E-state index in [0.717, 1.165) is 64.2 Å². The van der Waals surface area contributed by atoms with E-state index in [1.165, 1.54) is 6.42 Å². The quantitative estimate of drug-likeness (QED) is 0.188. The maximum atomic E-state index is 14.1. The second-order valence-corrected chi connectivity index (χ2v) is 21.6. The Kier molecular flexibility index (Phi) is 9.90. The number of ether oxygens (including phenoxy) is 5. The molecule has 296 valence electrons. The molecule has 8 saturated carbocycles. The van der Waals surface area contributed by atoms with Crippen LogP contribution in [-0.2, 0) is 33.3 Å². The number of carbonyl (C=O) groups is 2. The van der Waals surface area contributed by atoms with E-state index in [4.69, 9.17) is 23.7 Å². The molecule has 0 radical (unpaired) electrons. The van der Waals surface area contributed by atoms with Crippen LogP contribution in [0.4, 0.5) is 0 Å². The Balaban J connectivity index is 1.10. The van der Waals surface area contributed by atoms with Crippen molar-refractivity contribution >= 4 is 11.9 Å². The zero-order valence-electron chi connectivity index (χ0n) is 34.3. The van der Waals surface area contributed by atoms with Gasteiger partial charge in [0.25, 0.3) is 0 Å². The first-order valence-corrected chi connectivity index (χ1v) is 21.3. The molecule has 9 fully saturated rings. The van der Waals surface area contributed by atoms with E-state index < -0.39 is 45.1 Å². The first-order valence-electron chi connectivity index (χ1n) is 21.3. The van der Waals surface area contributed by atoms with Crippen LogP contribution in [0.2, 0.25) is 0 Å². The highest BCUT2D eigenvalue weighted by atomic mass is 16.7.